The van der Waals surface area contributed by atoms with Crippen LogP contribution in [0.4, 0.5) is 5.95 Å². The first-order valence-corrected chi connectivity index (χ1v) is 7.10. The van der Waals surface area contributed by atoms with Crippen molar-refractivity contribution in [2.45, 2.75) is 51.6 Å². The second kappa shape index (κ2) is 6.78. The molecule has 1 N–H and O–H groups in total. The third-order valence-corrected chi connectivity index (χ3v) is 3.95. The van der Waals surface area contributed by atoms with E-state index in [4.69, 9.17) is 4.74 Å². The van der Waals surface area contributed by atoms with Gasteiger partial charge in [-0.1, -0.05) is 26.2 Å². The Morgan fingerprint density at radius 1 is 1.50 bits per heavy atom. The standard InChI is InChI=1S/C14H25N3O/c1-3-12-5-4-6-13(11-12)16-14-15-7-8-17(14)9-10-18-2/h7-8,12-13H,3-6,9-11H2,1-2H3,(H,15,16). The molecule has 2 rings (SSSR count). The maximum absolute atomic E-state index is 5.12. The van der Waals surface area contributed by atoms with Crippen LogP contribution in [0.1, 0.15) is 39.0 Å². The van der Waals surface area contributed by atoms with Gasteiger partial charge < -0.3 is 14.6 Å². The molecule has 1 aliphatic carbocycles. The highest BCUT2D eigenvalue weighted by molar-refractivity contribution is 5.27. The van der Waals surface area contributed by atoms with Crippen LogP contribution >= 0.6 is 0 Å². The number of ether oxygens (including phenoxy) is 1. The van der Waals surface area contributed by atoms with E-state index in [1.54, 1.807) is 7.11 Å². The number of rotatable bonds is 6. The first-order valence-electron chi connectivity index (χ1n) is 7.10. The van der Waals surface area contributed by atoms with Crippen molar-refractivity contribution in [1.82, 2.24) is 9.55 Å². The Hall–Kier alpha value is -1.03. The Morgan fingerprint density at radius 2 is 2.39 bits per heavy atom. The summed E-state index contributed by atoms with van der Waals surface area (Å²) in [6.07, 6.45) is 10.5. The summed E-state index contributed by atoms with van der Waals surface area (Å²) < 4.78 is 7.26. The molecule has 1 aromatic rings. The number of hydrogen-bond acceptors (Lipinski definition) is 3. The van der Waals surface area contributed by atoms with E-state index in [1.165, 1.54) is 32.1 Å². The molecule has 2 atom stereocenters. The molecule has 1 saturated carbocycles. The first-order chi connectivity index (χ1) is 8.83. The van der Waals surface area contributed by atoms with Crippen LogP contribution in [0.2, 0.25) is 0 Å². The highest BCUT2D eigenvalue weighted by atomic mass is 16.5. The SMILES string of the molecule is CCC1CCCC(Nc2nccn2CCOC)C1. The lowest BCUT2D eigenvalue weighted by atomic mass is 9.84. The summed E-state index contributed by atoms with van der Waals surface area (Å²) in [6.45, 7) is 3.89. The lowest BCUT2D eigenvalue weighted by molar-refractivity contribution is 0.187. The molecule has 0 aliphatic heterocycles. The van der Waals surface area contributed by atoms with Gasteiger partial charge in [-0.25, -0.2) is 4.98 Å². The molecule has 0 spiro atoms. The van der Waals surface area contributed by atoms with Gasteiger partial charge in [-0.3, -0.25) is 0 Å². The highest BCUT2D eigenvalue weighted by Crippen LogP contribution is 2.28. The van der Waals surface area contributed by atoms with Crippen molar-refractivity contribution in [2.24, 2.45) is 5.92 Å². The van der Waals surface area contributed by atoms with Gasteiger partial charge in [0.25, 0.3) is 0 Å². The second-order valence-corrected chi connectivity index (χ2v) is 5.22. The smallest absolute Gasteiger partial charge is 0.203 e. The van der Waals surface area contributed by atoms with Crippen molar-refractivity contribution in [3.63, 3.8) is 0 Å². The molecule has 2 unspecified atom stereocenters. The number of hydrogen-bond donors (Lipinski definition) is 1. The zero-order valence-electron chi connectivity index (χ0n) is 11.6. The molecule has 102 valence electrons. The van der Waals surface area contributed by atoms with Crippen LogP contribution in [-0.2, 0) is 11.3 Å². The monoisotopic (exact) mass is 251 g/mol. The van der Waals surface area contributed by atoms with Crippen molar-refractivity contribution >= 4 is 5.95 Å². The van der Waals surface area contributed by atoms with Gasteiger partial charge in [0.2, 0.25) is 5.95 Å². The van der Waals surface area contributed by atoms with Crippen molar-refractivity contribution < 1.29 is 4.74 Å². The number of nitrogens with one attached hydrogen (secondary N) is 1. The molecular formula is C14H25N3O. The first kappa shape index (κ1) is 13.4. The van der Waals surface area contributed by atoms with Gasteiger partial charge in [-0.15, -0.1) is 0 Å². The molecule has 0 saturated heterocycles. The van der Waals surface area contributed by atoms with E-state index in [0.717, 1.165) is 25.0 Å². The van der Waals surface area contributed by atoms with Gasteiger partial charge >= 0.3 is 0 Å². The maximum atomic E-state index is 5.12. The summed E-state index contributed by atoms with van der Waals surface area (Å²) in [4.78, 5) is 4.41. The van der Waals surface area contributed by atoms with E-state index < -0.39 is 0 Å². The minimum absolute atomic E-state index is 0.590. The average Bonchev–Trinajstić information content (AvgIpc) is 2.84. The molecule has 0 aromatic carbocycles. The summed E-state index contributed by atoms with van der Waals surface area (Å²) in [5.74, 6) is 1.88. The van der Waals surface area contributed by atoms with Gasteiger partial charge in [-0.05, 0) is 18.8 Å². The minimum atomic E-state index is 0.590. The fourth-order valence-corrected chi connectivity index (χ4v) is 2.79. The fourth-order valence-electron chi connectivity index (χ4n) is 2.79. The Kier molecular flexibility index (Phi) is 5.05. The molecule has 4 heteroatoms. The quantitative estimate of drug-likeness (QED) is 0.845. The van der Waals surface area contributed by atoms with Crippen LogP contribution in [0.3, 0.4) is 0 Å². The normalized spacial score (nSPS) is 24.1. The van der Waals surface area contributed by atoms with E-state index in [2.05, 4.69) is 21.8 Å². The molecule has 0 radical (unpaired) electrons. The predicted octanol–water partition coefficient (Wildman–Crippen LogP) is 2.91. The fraction of sp³-hybridized carbons (Fsp3) is 0.786. The molecule has 4 nitrogen and oxygen atoms in total. The number of imidazole rings is 1. The summed E-state index contributed by atoms with van der Waals surface area (Å²) in [7, 11) is 1.73. The van der Waals surface area contributed by atoms with E-state index in [1.807, 2.05) is 12.4 Å². The van der Waals surface area contributed by atoms with Gasteiger partial charge in [0.15, 0.2) is 0 Å². The molecule has 0 bridgehead atoms. The number of aromatic nitrogens is 2. The van der Waals surface area contributed by atoms with E-state index in [-0.39, 0.29) is 0 Å². The topological polar surface area (TPSA) is 39.1 Å². The average molecular weight is 251 g/mol. The number of methoxy groups -OCH3 is 1. The zero-order chi connectivity index (χ0) is 12.8. The molecule has 1 heterocycles. The van der Waals surface area contributed by atoms with Crippen LogP contribution in [0.5, 0.6) is 0 Å². The predicted molar refractivity (Wildman–Crippen MR) is 73.8 cm³/mol. The van der Waals surface area contributed by atoms with Gasteiger partial charge in [0, 0.05) is 32.1 Å². The second-order valence-electron chi connectivity index (χ2n) is 5.22. The lowest BCUT2D eigenvalue weighted by Crippen LogP contribution is -2.28. The van der Waals surface area contributed by atoms with Crippen LogP contribution in [-0.4, -0.2) is 29.3 Å². The van der Waals surface area contributed by atoms with Crippen molar-refractivity contribution in [3.05, 3.63) is 12.4 Å². The Labute approximate surface area is 110 Å². The molecule has 1 aliphatic rings. The van der Waals surface area contributed by atoms with Crippen LogP contribution in [0.25, 0.3) is 0 Å². The maximum Gasteiger partial charge on any atom is 0.203 e. The van der Waals surface area contributed by atoms with E-state index >= 15 is 0 Å². The summed E-state index contributed by atoms with van der Waals surface area (Å²) in [6, 6.07) is 0.590. The Morgan fingerprint density at radius 3 is 3.17 bits per heavy atom. The molecule has 0 amide bonds. The third kappa shape index (κ3) is 3.48. The van der Waals surface area contributed by atoms with Crippen LogP contribution < -0.4 is 5.32 Å². The summed E-state index contributed by atoms with van der Waals surface area (Å²) >= 11 is 0. The molecule has 1 fully saturated rings. The summed E-state index contributed by atoms with van der Waals surface area (Å²) in [5, 5.41) is 3.60. The van der Waals surface area contributed by atoms with Gasteiger partial charge in [0.1, 0.15) is 0 Å². The zero-order valence-corrected chi connectivity index (χ0v) is 11.6. The number of nitrogens with zero attached hydrogens (tertiary/aromatic N) is 2. The van der Waals surface area contributed by atoms with Gasteiger partial charge in [-0.2, -0.15) is 0 Å². The van der Waals surface area contributed by atoms with Gasteiger partial charge in [0.05, 0.1) is 6.61 Å². The molecular weight excluding hydrogens is 226 g/mol. The number of anilines is 1. The third-order valence-electron chi connectivity index (χ3n) is 3.95. The Bertz CT molecular complexity index is 351. The largest absolute Gasteiger partial charge is 0.383 e. The summed E-state index contributed by atoms with van der Waals surface area (Å²) in [5.41, 5.74) is 0. The lowest BCUT2D eigenvalue weighted by Gasteiger charge is -2.29. The van der Waals surface area contributed by atoms with Crippen molar-refractivity contribution in [2.75, 3.05) is 19.0 Å². The van der Waals surface area contributed by atoms with Crippen molar-refractivity contribution in [1.29, 1.82) is 0 Å². The highest BCUT2D eigenvalue weighted by Gasteiger charge is 2.21. The Balaban J connectivity index is 1.90. The van der Waals surface area contributed by atoms with Crippen molar-refractivity contribution in [3.8, 4) is 0 Å². The molecule has 18 heavy (non-hydrogen) atoms. The molecule has 1 aromatic heterocycles. The van der Waals surface area contributed by atoms with Crippen LogP contribution in [0.15, 0.2) is 12.4 Å². The van der Waals surface area contributed by atoms with E-state index in [0.29, 0.717) is 6.04 Å². The van der Waals surface area contributed by atoms with Crippen LogP contribution in [0, 0.1) is 5.92 Å². The minimum Gasteiger partial charge on any atom is -0.383 e. The van der Waals surface area contributed by atoms with E-state index in [9.17, 15) is 0 Å².